The molecule has 0 saturated carbocycles. The lowest BCUT2D eigenvalue weighted by Gasteiger charge is -2.19. The summed E-state index contributed by atoms with van der Waals surface area (Å²) in [7, 11) is 0. The molecule has 4 nitrogen and oxygen atoms in total. The molecule has 0 saturated heterocycles. The Labute approximate surface area is 127 Å². The van der Waals surface area contributed by atoms with Crippen molar-refractivity contribution in [2.75, 3.05) is 6.54 Å². The van der Waals surface area contributed by atoms with E-state index in [1.807, 2.05) is 23.0 Å². The number of aryl methyl sites for hydroxylation is 1. The predicted octanol–water partition coefficient (Wildman–Crippen LogP) is 4.15. The van der Waals surface area contributed by atoms with Gasteiger partial charge in [0.15, 0.2) is 5.75 Å². The Morgan fingerprint density at radius 2 is 2.05 bits per heavy atom. The number of rotatable bonds is 8. The number of benzene rings is 1. The minimum atomic E-state index is 0.317. The Bertz CT molecular complexity index is 550. The van der Waals surface area contributed by atoms with Gasteiger partial charge in [-0.3, -0.25) is 4.68 Å². The largest absolute Gasteiger partial charge is 0.454 e. The van der Waals surface area contributed by atoms with Crippen molar-refractivity contribution in [3.63, 3.8) is 0 Å². The normalized spacial score (nSPS) is 12.3. The van der Waals surface area contributed by atoms with E-state index >= 15 is 0 Å². The quantitative estimate of drug-likeness (QED) is 0.793. The minimum Gasteiger partial charge on any atom is -0.454 e. The molecule has 0 aliphatic heterocycles. The summed E-state index contributed by atoms with van der Waals surface area (Å²) in [6, 6.07) is 8.53. The van der Waals surface area contributed by atoms with Gasteiger partial charge < -0.3 is 10.1 Å². The van der Waals surface area contributed by atoms with Crippen LogP contribution in [-0.4, -0.2) is 16.3 Å². The van der Waals surface area contributed by atoms with Crippen LogP contribution >= 0.6 is 0 Å². The lowest BCUT2D eigenvalue weighted by molar-refractivity contribution is 0.451. The molecule has 1 aromatic carbocycles. The predicted molar refractivity (Wildman–Crippen MR) is 85.7 cm³/mol. The van der Waals surface area contributed by atoms with E-state index in [0.717, 1.165) is 37.4 Å². The van der Waals surface area contributed by atoms with E-state index in [1.165, 1.54) is 5.56 Å². The number of hydrogen-bond acceptors (Lipinski definition) is 3. The first-order valence-electron chi connectivity index (χ1n) is 7.81. The summed E-state index contributed by atoms with van der Waals surface area (Å²) in [4.78, 5) is 0. The maximum absolute atomic E-state index is 6.04. The molecule has 0 radical (unpaired) electrons. The van der Waals surface area contributed by atoms with Gasteiger partial charge in [-0.05, 0) is 25.5 Å². The monoisotopic (exact) mass is 287 g/mol. The van der Waals surface area contributed by atoms with Crippen LogP contribution in [0.5, 0.6) is 11.5 Å². The Hall–Kier alpha value is -1.81. The Morgan fingerprint density at radius 1 is 1.24 bits per heavy atom. The number of aromatic nitrogens is 2. The van der Waals surface area contributed by atoms with Gasteiger partial charge in [0.2, 0.25) is 0 Å². The summed E-state index contributed by atoms with van der Waals surface area (Å²) >= 11 is 0. The minimum absolute atomic E-state index is 0.317. The molecule has 1 atom stereocenters. The molecule has 4 heteroatoms. The molecule has 2 aromatic rings. The number of para-hydroxylation sites is 1. The van der Waals surface area contributed by atoms with E-state index < -0.39 is 0 Å². The Kier molecular flexibility index (Phi) is 5.81. The molecule has 2 rings (SSSR count). The Morgan fingerprint density at radius 3 is 2.76 bits per heavy atom. The highest BCUT2D eigenvalue weighted by Crippen LogP contribution is 2.30. The zero-order valence-electron chi connectivity index (χ0n) is 13.2. The van der Waals surface area contributed by atoms with Crippen LogP contribution in [0.25, 0.3) is 0 Å². The molecule has 114 valence electrons. The third-order valence-electron chi connectivity index (χ3n) is 3.44. The summed E-state index contributed by atoms with van der Waals surface area (Å²) in [5, 5.41) is 7.81. The molecule has 21 heavy (non-hydrogen) atoms. The number of hydrogen-bond donors (Lipinski definition) is 1. The molecule has 1 unspecified atom stereocenters. The van der Waals surface area contributed by atoms with Gasteiger partial charge in [-0.15, -0.1) is 0 Å². The van der Waals surface area contributed by atoms with Gasteiger partial charge in [0.1, 0.15) is 5.75 Å². The lowest BCUT2D eigenvalue weighted by atomic mass is 10.0. The van der Waals surface area contributed by atoms with E-state index in [2.05, 4.69) is 43.3 Å². The summed E-state index contributed by atoms with van der Waals surface area (Å²) in [6.07, 6.45) is 5.83. The zero-order valence-corrected chi connectivity index (χ0v) is 13.2. The van der Waals surface area contributed by atoms with Gasteiger partial charge in [0.25, 0.3) is 0 Å². The third-order valence-corrected chi connectivity index (χ3v) is 3.44. The van der Waals surface area contributed by atoms with Crippen molar-refractivity contribution in [1.82, 2.24) is 15.1 Å². The third kappa shape index (κ3) is 4.08. The second-order valence-corrected chi connectivity index (χ2v) is 5.10. The molecule has 0 aliphatic rings. The number of ether oxygens (including phenoxy) is 1. The van der Waals surface area contributed by atoms with Gasteiger partial charge in [0, 0.05) is 18.2 Å². The van der Waals surface area contributed by atoms with Gasteiger partial charge in [-0.2, -0.15) is 5.10 Å². The average Bonchev–Trinajstić information content (AvgIpc) is 2.93. The zero-order chi connectivity index (χ0) is 15.1. The standard InChI is InChI=1S/C17H25N3O/c1-4-11-20-13-14(12-19-20)21-17-10-8-7-9-15(17)16(5-2)18-6-3/h7-10,12-13,16,18H,4-6,11H2,1-3H3. The fraction of sp³-hybridized carbons (Fsp3) is 0.471. The highest BCUT2D eigenvalue weighted by atomic mass is 16.5. The average molecular weight is 287 g/mol. The first kappa shape index (κ1) is 15.6. The van der Waals surface area contributed by atoms with E-state index in [0.29, 0.717) is 6.04 Å². The summed E-state index contributed by atoms with van der Waals surface area (Å²) in [6.45, 7) is 8.31. The van der Waals surface area contributed by atoms with Crippen molar-refractivity contribution >= 4 is 0 Å². The molecule has 0 amide bonds. The van der Waals surface area contributed by atoms with Crippen LogP contribution in [0, 0.1) is 0 Å². The summed E-state index contributed by atoms with van der Waals surface area (Å²) in [5.41, 5.74) is 1.20. The van der Waals surface area contributed by atoms with Crippen LogP contribution < -0.4 is 10.1 Å². The van der Waals surface area contributed by atoms with Crippen molar-refractivity contribution in [2.24, 2.45) is 0 Å². The molecule has 0 bridgehead atoms. The van der Waals surface area contributed by atoms with Crippen molar-refractivity contribution in [1.29, 1.82) is 0 Å². The first-order chi connectivity index (χ1) is 10.3. The van der Waals surface area contributed by atoms with E-state index in [-0.39, 0.29) is 0 Å². The molecule has 1 N–H and O–H groups in total. The van der Waals surface area contributed by atoms with Crippen molar-refractivity contribution < 1.29 is 4.74 Å². The second kappa shape index (κ2) is 7.84. The summed E-state index contributed by atoms with van der Waals surface area (Å²) < 4.78 is 7.96. The molecule has 0 spiro atoms. The fourth-order valence-electron chi connectivity index (χ4n) is 2.46. The van der Waals surface area contributed by atoms with Crippen LogP contribution in [0.2, 0.25) is 0 Å². The highest BCUT2D eigenvalue weighted by molar-refractivity contribution is 5.38. The maximum atomic E-state index is 6.04. The number of nitrogens with zero attached hydrogens (tertiary/aromatic N) is 2. The van der Waals surface area contributed by atoms with Crippen LogP contribution in [0.4, 0.5) is 0 Å². The summed E-state index contributed by atoms with van der Waals surface area (Å²) in [5.74, 6) is 1.70. The van der Waals surface area contributed by atoms with Crippen molar-refractivity contribution in [3.8, 4) is 11.5 Å². The SMILES string of the molecule is CCCn1cc(Oc2ccccc2C(CC)NCC)cn1. The smallest absolute Gasteiger partial charge is 0.165 e. The van der Waals surface area contributed by atoms with E-state index in [1.54, 1.807) is 6.20 Å². The van der Waals surface area contributed by atoms with Crippen molar-refractivity contribution in [2.45, 2.75) is 46.2 Å². The maximum Gasteiger partial charge on any atom is 0.165 e. The molecule has 1 aromatic heterocycles. The van der Waals surface area contributed by atoms with Gasteiger partial charge in [-0.1, -0.05) is 39.0 Å². The van der Waals surface area contributed by atoms with Gasteiger partial charge >= 0.3 is 0 Å². The van der Waals surface area contributed by atoms with Crippen LogP contribution in [-0.2, 0) is 6.54 Å². The fourth-order valence-corrected chi connectivity index (χ4v) is 2.46. The molecular formula is C17H25N3O. The van der Waals surface area contributed by atoms with Crippen molar-refractivity contribution in [3.05, 3.63) is 42.2 Å². The topological polar surface area (TPSA) is 39.1 Å². The van der Waals surface area contributed by atoms with Crippen LogP contribution in [0.1, 0.15) is 45.2 Å². The molecule has 0 fully saturated rings. The van der Waals surface area contributed by atoms with E-state index in [9.17, 15) is 0 Å². The second-order valence-electron chi connectivity index (χ2n) is 5.10. The lowest BCUT2D eigenvalue weighted by Crippen LogP contribution is -2.20. The molecule has 0 aliphatic carbocycles. The molecular weight excluding hydrogens is 262 g/mol. The first-order valence-corrected chi connectivity index (χ1v) is 7.81. The Balaban J connectivity index is 2.18. The number of nitrogens with one attached hydrogen (secondary N) is 1. The highest BCUT2D eigenvalue weighted by Gasteiger charge is 2.14. The van der Waals surface area contributed by atoms with Crippen LogP contribution in [0.15, 0.2) is 36.7 Å². The van der Waals surface area contributed by atoms with Gasteiger partial charge in [-0.25, -0.2) is 0 Å². The van der Waals surface area contributed by atoms with Gasteiger partial charge in [0.05, 0.1) is 12.4 Å². The molecule has 1 heterocycles. The van der Waals surface area contributed by atoms with Crippen LogP contribution in [0.3, 0.4) is 0 Å². The van der Waals surface area contributed by atoms with E-state index in [4.69, 9.17) is 4.74 Å².